The zero-order valence-corrected chi connectivity index (χ0v) is 16.4. The van der Waals surface area contributed by atoms with E-state index in [9.17, 15) is 14.7 Å². The Morgan fingerprint density at radius 3 is 2.63 bits per heavy atom. The van der Waals surface area contributed by atoms with Gasteiger partial charge in [0.1, 0.15) is 22.8 Å². The Morgan fingerprint density at radius 1 is 1.20 bits per heavy atom. The SMILES string of the molecule is COc1ccc([C@H]2C=C(C(=O)O)Nc3c(C(=O)Nc4cccc(C)c4)cnn32)cc1. The maximum absolute atomic E-state index is 12.9. The highest BCUT2D eigenvalue weighted by atomic mass is 16.5. The summed E-state index contributed by atoms with van der Waals surface area (Å²) in [5.41, 5.74) is 2.71. The summed E-state index contributed by atoms with van der Waals surface area (Å²) in [7, 11) is 1.58. The Labute approximate surface area is 172 Å². The summed E-state index contributed by atoms with van der Waals surface area (Å²) in [5.74, 6) is -0.490. The molecule has 2 heterocycles. The first-order valence-corrected chi connectivity index (χ1v) is 9.28. The maximum Gasteiger partial charge on any atom is 0.352 e. The standard InChI is InChI=1S/C22H20N4O4/c1-13-4-3-5-15(10-13)24-21(27)17-12-23-26-19(11-18(22(28)29)25-20(17)26)14-6-8-16(30-2)9-7-14/h3-12,19,25H,1-2H3,(H,24,27)(H,28,29)/t19-/m1/s1. The van der Waals surface area contributed by atoms with E-state index in [0.29, 0.717) is 17.3 Å². The smallest absolute Gasteiger partial charge is 0.352 e. The van der Waals surface area contributed by atoms with Gasteiger partial charge >= 0.3 is 5.97 Å². The van der Waals surface area contributed by atoms with Crippen molar-refractivity contribution >= 4 is 23.4 Å². The molecule has 1 aliphatic heterocycles. The largest absolute Gasteiger partial charge is 0.497 e. The van der Waals surface area contributed by atoms with Crippen molar-refractivity contribution in [2.75, 3.05) is 17.7 Å². The quantitative estimate of drug-likeness (QED) is 0.602. The summed E-state index contributed by atoms with van der Waals surface area (Å²) in [5, 5.41) is 19.6. The highest BCUT2D eigenvalue weighted by Gasteiger charge is 2.29. The fraction of sp³-hybridized carbons (Fsp3) is 0.136. The number of aromatic nitrogens is 2. The minimum absolute atomic E-state index is 0.0200. The van der Waals surface area contributed by atoms with Crippen LogP contribution in [0.15, 0.2) is 66.5 Å². The van der Waals surface area contributed by atoms with Crippen LogP contribution >= 0.6 is 0 Å². The van der Waals surface area contributed by atoms with Gasteiger partial charge in [0.15, 0.2) is 0 Å². The Hall–Kier alpha value is -4.07. The van der Waals surface area contributed by atoms with Crippen LogP contribution in [0.25, 0.3) is 0 Å². The van der Waals surface area contributed by atoms with E-state index in [1.807, 2.05) is 37.3 Å². The Kier molecular flexibility index (Phi) is 4.97. The Bertz CT molecular complexity index is 1150. The van der Waals surface area contributed by atoms with Crippen LogP contribution in [0, 0.1) is 6.92 Å². The molecule has 1 aromatic heterocycles. The number of hydrogen-bond acceptors (Lipinski definition) is 5. The van der Waals surface area contributed by atoms with Crippen LogP contribution in [0.4, 0.5) is 11.5 Å². The first-order chi connectivity index (χ1) is 14.5. The molecule has 1 amide bonds. The van der Waals surface area contributed by atoms with Crippen LogP contribution in [0.3, 0.4) is 0 Å². The predicted octanol–water partition coefficient (Wildman–Crippen LogP) is 3.44. The van der Waals surface area contributed by atoms with E-state index in [-0.39, 0.29) is 17.2 Å². The van der Waals surface area contributed by atoms with Gasteiger partial charge in [0.2, 0.25) is 0 Å². The summed E-state index contributed by atoms with van der Waals surface area (Å²) in [4.78, 5) is 24.6. The number of fused-ring (bicyclic) bond motifs is 1. The number of carboxylic acid groups (broad SMARTS) is 1. The van der Waals surface area contributed by atoms with Gasteiger partial charge in [-0.15, -0.1) is 0 Å². The number of benzene rings is 2. The molecule has 3 aromatic rings. The number of aliphatic carboxylic acids is 1. The topological polar surface area (TPSA) is 105 Å². The van der Waals surface area contributed by atoms with Crippen molar-refractivity contribution < 1.29 is 19.4 Å². The number of hydrogen-bond donors (Lipinski definition) is 3. The van der Waals surface area contributed by atoms with E-state index in [1.165, 1.54) is 6.20 Å². The van der Waals surface area contributed by atoms with Crippen molar-refractivity contribution in [1.82, 2.24) is 9.78 Å². The van der Waals surface area contributed by atoms with Crippen molar-refractivity contribution in [3.8, 4) is 5.75 Å². The van der Waals surface area contributed by atoms with E-state index in [2.05, 4.69) is 15.7 Å². The molecule has 2 aromatic carbocycles. The molecular formula is C22H20N4O4. The minimum atomic E-state index is -1.12. The van der Waals surface area contributed by atoms with Crippen LogP contribution in [0.2, 0.25) is 0 Å². The molecule has 0 spiro atoms. The number of amides is 1. The van der Waals surface area contributed by atoms with E-state index < -0.39 is 12.0 Å². The van der Waals surface area contributed by atoms with Gasteiger partial charge in [-0.05, 0) is 48.4 Å². The van der Waals surface area contributed by atoms with Crippen molar-refractivity contribution in [1.29, 1.82) is 0 Å². The minimum Gasteiger partial charge on any atom is -0.497 e. The third-order valence-electron chi connectivity index (χ3n) is 4.84. The Morgan fingerprint density at radius 2 is 1.97 bits per heavy atom. The number of nitrogens with zero attached hydrogens (tertiary/aromatic N) is 2. The summed E-state index contributed by atoms with van der Waals surface area (Å²) in [6.45, 7) is 1.93. The molecule has 8 heteroatoms. The lowest BCUT2D eigenvalue weighted by molar-refractivity contribution is -0.132. The maximum atomic E-state index is 12.9. The average Bonchev–Trinajstić information content (AvgIpc) is 3.17. The van der Waals surface area contributed by atoms with Crippen LogP contribution in [-0.2, 0) is 4.79 Å². The van der Waals surface area contributed by atoms with Gasteiger partial charge in [-0.2, -0.15) is 5.10 Å². The van der Waals surface area contributed by atoms with Crippen LogP contribution < -0.4 is 15.4 Å². The number of carbonyl (C=O) groups excluding carboxylic acids is 1. The number of ether oxygens (including phenoxy) is 1. The zero-order chi connectivity index (χ0) is 21.3. The van der Waals surface area contributed by atoms with E-state index in [4.69, 9.17) is 4.74 Å². The lowest BCUT2D eigenvalue weighted by Gasteiger charge is -2.24. The van der Waals surface area contributed by atoms with Crippen molar-refractivity contribution in [3.05, 3.63) is 83.2 Å². The molecule has 0 radical (unpaired) electrons. The molecule has 30 heavy (non-hydrogen) atoms. The number of allylic oxidation sites excluding steroid dienone is 1. The highest BCUT2D eigenvalue weighted by Crippen LogP contribution is 2.33. The van der Waals surface area contributed by atoms with E-state index >= 15 is 0 Å². The third kappa shape index (κ3) is 3.62. The number of carboxylic acids is 1. The van der Waals surface area contributed by atoms with Gasteiger partial charge in [0.25, 0.3) is 5.91 Å². The molecule has 8 nitrogen and oxygen atoms in total. The summed E-state index contributed by atoms with van der Waals surface area (Å²) < 4.78 is 6.79. The summed E-state index contributed by atoms with van der Waals surface area (Å²) in [6.07, 6.45) is 3.00. The normalized spacial score (nSPS) is 14.9. The predicted molar refractivity (Wildman–Crippen MR) is 112 cm³/mol. The fourth-order valence-corrected chi connectivity index (χ4v) is 3.35. The van der Waals surface area contributed by atoms with Gasteiger partial charge in [-0.3, -0.25) is 4.79 Å². The lowest BCUT2D eigenvalue weighted by atomic mass is 10.0. The number of carbonyl (C=O) groups is 2. The Balaban J connectivity index is 1.70. The molecule has 0 unspecified atom stereocenters. The second-order valence-corrected chi connectivity index (χ2v) is 6.90. The molecule has 0 aliphatic carbocycles. The van der Waals surface area contributed by atoms with Crippen LogP contribution in [0.5, 0.6) is 5.75 Å². The van der Waals surface area contributed by atoms with Gasteiger partial charge in [-0.25, -0.2) is 9.48 Å². The first-order valence-electron chi connectivity index (χ1n) is 9.28. The van der Waals surface area contributed by atoms with Crippen LogP contribution in [-0.4, -0.2) is 33.9 Å². The molecule has 152 valence electrons. The number of anilines is 2. The third-order valence-corrected chi connectivity index (χ3v) is 4.84. The van der Waals surface area contributed by atoms with Crippen molar-refractivity contribution in [3.63, 3.8) is 0 Å². The molecule has 0 saturated heterocycles. The van der Waals surface area contributed by atoms with Crippen molar-refractivity contribution in [2.45, 2.75) is 13.0 Å². The second-order valence-electron chi connectivity index (χ2n) is 6.90. The van der Waals surface area contributed by atoms with Gasteiger partial charge in [-0.1, -0.05) is 24.3 Å². The number of aryl methyl sites for hydroxylation is 1. The summed E-state index contributed by atoms with van der Waals surface area (Å²) >= 11 is 0. The van der Waals surface area contributed by atoms with Crippen LogP contribution in [0.1, 0.15) is 27.5 Å². The molecule has 3 N–H and O–H groups in total. The average molecular weight is 404 g/mol. The van der Waals surface area contributed by atoms with Gasteiger partial charge in [0.05, 0.1) is 19.3 Å². The second kappa shape index (κ2) is 7.75. The van der Waals surface area contributed by atoms with Gasteiger partial charge < -0.3 is 20.5 Å². The van der Waals surface area contributed by atoms with E-state index in [1.54, 1.807) is 36.1 Å². The first kappa shape index (κ1) is 19.3. The number of methoxy groups -OCH3 is 1. The molecule has 0 bridgehead atoms. The zero-order valence-electron chi connectivity index (χ0n) is 16.4. The molecule has 0 saturated carbocycles. The highest BCUT2D eigenvalue weighted by molar-refractivity contribution is 6.08. The molecule has 4 rings (SSSR count). The van der Waals surface area contributed by atoms with Gasteiger partial charge in [0, 0.05) is 5.69 Å². The summed E-state index contributed by atoms with van der Waals surface area (Å²) in [6, 6.07) is 14.2. The molecule has 1 aliphatic rings. The fourth-order valence-electron chi connectivity index (χ4n) is 3.35. The monoisotopic (exact) mass is 404 g/mol. The molecule has 0 fully saturated rings. The molecular weight excluding hydrogens is 384 g/mol. The van der Waals surface area contributed by atoms with Crippen molar-refractivity contribution in [2.24, 2.45) is 0 Å². The number of rotatable bonds is 5. The molecule has 1 atom stereocenters. The number of nitrogens with one attached hydrogen (secondary N) is 2. The lowest BCUT2D eigenvalue weighted by Crippen LogP contribution is -2.25. The van der Waals surface area contributed by atoms with E-state index in [0.717, 1.165) is 11.1 Å².